The summed E-state index contributed by atoms with van der Waals surface area (Å²) in [5, 5.41) is 2.52. The molecule has 128 valence electrons. The molecule has 3 N–H and O–H groups in total. The van der Waals surface area contributed by atoms with Gasteiger partial charge in [-0.1, -0.05) is 0 Å². The minimum Gasteiger partial charge on any atom is -0.468 e. The van der Waals surface area contributed by atoms with E-state index in [4.69, 9.17) is 10.2 Å². The Balaban J connectivity index is 1.85. The molecule has 0 fully saturated rings. The zero-order valence-corrected chi connectivity index (χ0v) is 13.2. The highest BCUT2D eigenvalue weighted by Crippen LogP contribution is 2.18. The fourth-order valence-corrected chi connectivity index (χ4v) is 2.24. The van der Waals surface area contributed by atoms with Crippen molar-refractivity contribution >= 4 is 34.7 Å². The van der Waals surface area contributed by atoms with Gasteiger partial charge in [0.25, 0.3) is 17.5 Å². The first-order chi connectivity index (χ1) is 12.0. The third-order valence-electron chi connectivity index (χ3n) is 3.46. The van der Waals surface area contributed by atoms with Crippen molar-refractivity contribution < 1.29 is 18.7 Å². The molecule has 1 amide bonds. The summed E-state index contributed by atoms with van der Waals surface area (Å²) < 4.78 is 10.8. The molecular formula is C16H14N4O5. The van der Waals surface area contributed by atoms with Gasteiger partial charge in [-0.05, 0) is 30.3 Å². The van der Waals surface area contributed by atoms with E-state index in [-0.39, 0.29) is 23.8 Å². The number of carbonyl (C=O) groups is 2. The number of aromatic nitrogens is 2. The largest absolute Gasteiger partial charge is 0.468 e. The normalized spacial score (nSPS) is 10.6. The second-order valence-electron chi connectivity index (χ2n) is 5.12. The van der Waals surface area contributed by atoms with Crippen LogP contribution in [0.5, 0.6) is 0 Å². The summed E-state index contributed by atoms with van der Waals surface area (Å²) in [6.07, 6.45) is 1.43. The van der Waals surface area contributed by atoms with Crippen molar-refractivity contribution in [3.8, 4) is 0 Å². The van der Waals surface area contributed by atoms with Crippen molar-refractivity contribution in [3.05, 3.63) is 52.4 Å². The van der Waals surface area contributed by atoms with Gasteiger partial charge in [0.15, 0.2) is 5.58 Å². The molecule has 25 heavy (non-hydrogen) atoms. The Morgan fingerprint density at radius 1 is 1.36 bits per heavy atom. The molecular weight excluding hydrogens is 328 g/mol. The van der Waals surface area contributed by atoms with Crippen LogP contribution in [0.3, 0.4) is 0 Å². The first-order valence-electron chi connectivity index (χ1n) is 7.21. The number of anilines is 2. The Bertz CT molecular complexity index is 1020. The number of rotatable bonds is 4. The van der Waals surface area contributed by atoms with E-state index in [0.717, 1.165) is 4.57 Å². The molecule has 3 aromatic rings. The molecule has 2 heterocycles. The van der Waals surface area contributed by atoms with E-state index >= 15 is 0 Å². The van der Waals surface area contributed by atoms with Gasteiger partial charge in [-0.3, -0.25) is 14.4 Å². The fraction of sp³-hybridized carbons (Fsp3) is 0.125. The highest BCUT2D eigenvalue weighted by Gasteiger charge is 2.13. The Labute approximate surface area is 141 Å². The summed E-state index contributed by atoms with van der Waals surface area (Å²) in [6, 6.07) is 7.58. The molecule has 0 aliphatic carbocycles. The number of methoxy groups -OCH3 is 1. The average molecular weight is 342 g/mol. The minimum absolute atomic E-state index is 0.00122. The monoisotopic (exact) mass is 342 g/mol. The number of benzene rings is 1. The van der Waals surface area contributed by atoms with Crippen LogP contribution >= 0.6 is 0 Å². The number of pyridine rings is 1. The molecule has 9 heteroatoms. The zero-order valence-electron chi connectivity index (χ0n) is 13.2. The van der Waals surface area contributed by atoms with Gasteiger partial charge in [0, 0.05) is 11.8 Å². The van der Waals surface area contributed by atoms with E-state index in [1.807, 2.05) is 0 Å². The maximum absolute atomic E-state index is 12.4. The van der Waals surface area contributed by atoms with Crippen LogP contribution in [0.1, 0.15) is 10.4 Å². The van der Waals surface area contributed by atoms with E-state index in [9.17, 15) is 14.4 Å². The van der Waals surface area contributed by atoms with Gasteiger partial charge >= 0.3 is 5.97 Å². The lowest BCUT2D eigenvalue weighted by Crippen LogP contribution is -2.28. The second kappa shape index (κ2) is 6.48. The quantitative estimate of drug-likeness (QED) is 0.676. The van der Waals surface area contributed by atoms with Crippen LogP contribution in [0.15, 0.2) is 45.7 Å². The molecule has 0 aliphatic heterocycles. The Morgan fingerprint density at radius 2 is 2.16 bits per heavy atom. The number of nitrogen functional groups attached to an aromatic ring is 1. The van der Waals surface area contributed by atoms with Gasteiger partial charge < -0.3 is 24.8 Å². The summed E-state index contributed by atoms with van der Waals surface area (Å²) >= 11 is 0. The topological polar surface area (TPSA) is 129 Å². The number of fused-ring (bicyclic) bond motifs is 1. The fourth-order valence-electron chi connectivity index (χ4n) is 2.24. The Hall–Kier alpha value is -3.62. The highest BCUT2D eigenvalue weighted by molar-refractivity contribution is 6.05. The molecule has 0 radical (unpaired) electrons. The lowest BCUT2D eigenvalue weighted by Gasteiger charge is -2.08. The second-order valence-corrected chi connectivity index (χ2v) is 5.12. The first-order valence-corrected chi connectivity index (χ1v) is 7.21. The van der Waals surface area contributed by atoms with Crippen molar-refractivity contribution in [1.82, 2.24) is 9.55 Å². The highest BCUT2D eigenvalue weighted by atomic mass is 16.5. The Morgan fingerprint density at radius 3 is 2.92 bits per heavy atom. The van der Waals surface area contributed by atoms with Gasteiger partial charge in [-0.2, -0.15) is 4.98 Å². The molecule has 0 bridgehead atoms. The lowest BCUT2D eigenvalue weighted by atomic mass is 10.2. The SMILES string of the molecule is COC(=O)Cn1cccc(NC(=O)c2ccc3oc(N)nc3c2)c1=O. The van der Waals surface area contributed by atoms with Gasteiger partial charge in [0.2, 0.25) is 0 Å². The van der Waals surface area contributed by atoms with Gasteiger partial charge in [-0.25, -0.2) is 0 Å². The van der Waals surface area contributed by atoms with E-state index < -0.39 is 17.4 Å². The molecule has 9 nitrogen and oxygen atoms in total. The van der Waals surface area contributed by atoms with E-state index in [2.05, 4.69) is 15.0 Å². The third kappa shape index (κ3) is 3.34. The molecule has 0 aliphatic rings. The smallest absolute Gasteiger partial charge is 0.325 e. The predicted octanol–water partition coefficient (Wildman–Crippen LogP) is 0.997. The number of carbonyl (C=O) groups excluding carboxylic acids is 2. The predicted molar refractivity (Wildman–Crippen MR) is 89.1 cm³/mol. The van der Waals surface area contributed by atoms with Crippen molar-refractivity contribution in [3.63, 3.8) is 0 Å². The third-order valence-corrected chi connectivity index (χ3v) is 3.46. The summed E-state index contributed by atoms with van der Waals surface area (Å²) in [4.78, 5) is 39.9. The number of nitrogens with one attached hydrogen (secondary N) is 1. The molecule has 0 saturated carbocycles. The number of nitrogens with zero attached hydrogens (tertiary/aromatic N) is 2. The van der Waals surface area contributed by atoms with Gasteiger partial charge in [-0.15, -0.1) is 0 Å². The lowest BCUT2D eigenvalue weighted by molar-refractivity contribution is -0.141. The summed E-state index contributed by atoms with van der Waals surface area (Å²) in [6.45, 7) is -0.247. The van der Waals surface area contributed by atoms with Crippen LogP contribution in [0.25, 0.3) is 11.1 Å². The molecule has 1 aromatic carbocycles. The number of hydrogen-bond donors (Lipinski definition) is 2. The van der Waals surface area contributed by atoms with Crippen molar-refractivity contribution in [2.45, 2.75) is 6.54 Å². The van der Waals surface area contributed by atoms with Crippen LogP contribution < -0.4 is 16.6 Å². The zero-order chi connectivity index (χ0) is 18.0. The number of ether oxygens (including phenoxy) is 1. The van der Waals surface area contributed by atoms with Crippen LogP contribution in [0.2, 0.25) is 0 Å². The molecule has 0 saturated heterocycles. The Kier molecular flexibility index (Phi) is 4.21. The van der Waals surface area contributed by atoms with E-state index in [0.29, 0.717) is 11.1 Å². The molecule has 0 atom stereocenters. The van der Waals surface area contributed by atoms with Crippen LogP contribution in [-0.4, -0.2) is 28.5 Å². The van der Waals surface area contributed by atoms with Crippen LogP contribution in [0, 0.1) is 0 Å². The minimum atomic E-state index is -0.570. The number of nitrogens with two attached hydrogens (primary N) is 1. The summed E-state index contributed by atoms with van der Waals surface area (Å²) in [7, 11) is 1.23. The van der Waals surface area contributed by atoms with Crippen LogP contribution in [-0.2, 0) is 16.1 Å². The van der Waals surface area contributed by atoms with Crippen molar-refractivity contribution in [2.24, 2.45) is 0 Å². The van der Waals surface area contributed by atoms with Gasteiger partial charge in [0.1, 0.15) is 17.7 Å². The molecule has 3 rings (SSSR count). The number of hydrogen-bond acceptors (Lipinski definition) is 7. The molecule has 0 unspecified atom stereocenters. The van der Waals surface area contributed by atoms with Crippen molar-refractivity contribution in [1.29, 1.82) is 0 Å². The number of oxazole rings is 1. The summed E-state index contributed by atoms with van der Waals surface area (Å²) in [5.74, 6) is -1.07. The molecule has 2 aromatic heterocycles. The standard InChI is InChI=1S/C16H14N4O5/c1-24-13(21)8-20-6-2-3-10(15(20)23)18-14(22)9-4-5-12-11(7-9)19-16(17)25-12/h2-7H,8H2,1H3,(H2,17,19)(H,18,22). The summed E-state index contributed by atoms with van der Waals surface area (Å²) in [5.41, 5.74) is 6.15. The maximum atomic E-state index is 12.4. The number of amides is 1. The van der Waals surface area contributed by atoms with E-state index in [1.54, 1.807) is 12.1 Å². The van der Waals surface area contributed by atoms with Crippen LogP contribution in [0.4, 0.5) is 11.7 Å². The average Bonchev–Trinajstić information content (AvgIpc) is 2.97. The van der Waals surface area contributed by atoms with E-state index in [1.165, 1.54) is 31.5 Å². The molecule has 0 spiro atoms. The van der Waals surface area contributed by atoms with Crippen molar-refractivity contribution in [2.75, 3.05) is 18.2 Å². The number of esters is 1. The maximum Gasteiger partial charge on any atom is 0.325 e. The van der Waals surface area contributed by atoms with Gasteiger partial charge in [0.05, 0.1) is 7.11 Å². The first kappa shape index (κ1) is 16.2.